The molecule has 7 nitrogen and oxygen atoms in total. The molecule has 7 heteroatoms. The zero-order chi connectivity index (χ0) is 15.7. The zero-order valence-electron chi connectivity index (χ0n) is 11.9. The van der Waals surface area contributed by atoms with E-state index in [0.717, 1.165) is 0 Å². The second kappa shape index (κ2) is 8.80. The van der Waals surface area contributed by atoms with E-state index in [1.807, 2.05) is 6.92 Å². The number of amides is 2. The van der Waals surface area contributed by atoms with Gasteiger partial charge in [0.25, 0.3) is 0 Å². The third-order valence-corrected chi connectivity index (χ3v) is 2.73. The van der Waals surface area contributed by atoms with Crippen LogP contribution in [0.15, 0.2) is 24.3 Å². The van der Waals surface area contributed by atoms with Crippen molar-refractivity contribution in [2.24, 2.45) is 0 Å². The van der Waals surface area contributed by atoms with Crippen LogP contribution in [-0.4, -0.2) is 53.4 Å². The molecule has 1 rings (SSSR count). The van der Waals surface area contributed by atoms with Crippen LogP contribution in [0.1, 0.15) is 13.3 Å². The molecule has 0 heterocycles. The molecule has 0 radical (unpaired) electrons. The lowest BCUT2D eigenvalue weighted by atomic mass is 10.3. The Morgan fingerprint density at radius 3 is 2.67 bits per heavy atom. The van der Waals surface area contributed by atoms with E-state index in [9.17, 15) is 9.59 Å². The third-order valence-electron chi connectivity index (χ3n) is 2.73. The number of carboxylic acids is 1. The van der Waals surface area contributed by atoms with Crippen LogP contribution in [-0.2, 0) is 4.79 Å². The van der Waals surface area contributed by atoms with Crippen LogP contribution in [0.5, 0.6) is 5.75 Å². The molecule has 0 aliphatic rings. The third kappa shape index (κ3) is 5.70. The van der Waals surface area contributed by atoms with Crippen molar-refractivity contribution in [3.05, 3.63) is 24.3 Å². The molecule has 0 atom stereocenters. The molecule has 1 aromatic carbocycles. The van der Waals surface area contributed by atoms with Gasteiger partial charge in [-0.1, -0.05) is 12.1 Å². The molecule has 2 amide bonds. The number of ether oxygens (including phenoxy) is 1. The molecular formula is C14H20N2O5. The number of carbonyl (C=O) groups excluding carboxylic acids is 1. The number of benzene rings is 1. The van der Waals surface area contributed by atoms with Crippen molar-refractivity contribution in [2.45, 2.75) is 13.3 Å². The van der Waals surface area contributed by atoms with Crippen molar-refractivity contribution >= 4 is 17.7 Å². The van der Waals surface area contributed by atoms with Gasteiger partial charge in [-0.3, -0.25) is 0 Å². The average Bonchev–Trinajstić information content (AvgIpc) is 2.47. The number of urea groups is 1. The first-order valence-electron chi connectivity index (χ1n) is 6.68. The minimum Gasteiger partial charge on any atom is -0.480 e. The monoisotopic (exact) mass is 296 g/mol. The molecule has 0 saturated carbocycles. The van der Waals surface area contributed by atoms with Gasteiger partial charge in [-0.05, 0) is 25.5 Å². The largest absolute Gasteiger partial charge is 0.480 e. The van der Waals surface area contributed by atoms with Crippen molar-refractivity contribution in [1.82, 2.24) is 4.90 Å². The summed E-state index contributed by atoms with van der Waals surface area (Å²) < 4.78 is 5.12. The Hall–Kier alpha value is -2.28. The van der Waals surface area contributed by atoms with Crippen molar-refractivity contribution < 1.29 is 24.5 Å². The standard InChI is InChI=1S/C14H20N2O5/c1-2-16(8-5-9-17)14(20)15-11-6-3-4-7-12(11)21-10-13(18)19/h3-4,6-7,17H,2,5,8-10H2,1H3,(H,15,20)(H,18,19). The predicted molar refractivity (Wildman–Crippen MR) is 77.5 cm³/mol. The first-order chi connectivity index (χ1) is 10.1. The van der Waals surface area contributed by atoms with Gasteiger partial charge in [0, 0.05) is 19.7 Å². The lowest BCUT2D eigenvalue weighted by Gasteiger charge is -2.21. The van der Waals surface area contributed by atoms with Gasteiger partial charge < -0.3 is 25.2 Å². The van der Waals surface area contributed by atoms with Crippen LogP contribution in [0.2, 0.25) is 0 Å². The second-order valence-electron chi connectivity index (χ2n) is 4.27. The number of anilines is 1. The quantitative estimate of drug-likeness (QED) is 0.673. The first-order valence-corrected chi connectivity index (χ1v) is 6.68. The highest BCUT2D eigenvalue weighted by Gasteiger charge is 2.14. The summed E-state index contributed by atoms with van der Waals surface area (Å²) in [6.07, 6.45) is 0.498. The van der Waals surface area contributed by atoms with Crippen LogP contribution >= 0.6 is 0 Å². The van der Waals surface area contributed by atoms with E-state index >= 15 is 0 Å². The second-order valence-corrected chi connectivity index (χ2v) is 4.27. The predicted octanol–water partition coefficient (Wildman–Crippen LogP) is 1.39. The number of hydrogen-bond acceptors (Lipinski definition) is 4. The highest BCUT2D eigenvalue weighted by Crippen LogP contribution is 2.24. The Balaban J connectivity index is 2.72. The van der Waals surface area contributed by atoms with E-state index in [1.165, 1.54) is 0 Å². The van der Waals surface area contributed by atoms with Crippen LogP contribution in [0.3, 0.4) is 0 Å². The first kappa shape index (κ1) is 16.8. The number of hydrogen-bond donors (Lipinski definition) is 3. The van der Waals surface area contributed by atoms with Crippen LogP contribution in [0, 0.1) is 0 Å². The lowest BCUT2D eigenvalue weighted by molar-refractivity contribution is -0.139. The minimum absolute atomic E-state index is 0.0160. The smallest absolute Gasteiger partial charge is 0.341 e. The number of nitrogens with one attached hydrogen (secondary N) is 1. The summed E-state index contributed by atoms with van der Waals surface area (Å²) in [5, 5.41) is 20.1. The summed E-state index contributed by atoms with van der Waals surface area (Å²) in [6, 6.07) is 6.30. The van der Waals surface area contributed by atoms with Crippen molar-refractivity contribution in [3.63, 3.8) is 0 Å². The molecule has 0 unspecified atom stereocenters. The Morgan fingerprint density at radius 2 is 2.05 bits per heavy atom. The number of carboxylic acid groups (broad SMARTS) is 1. The van der Waals surface area contributed by atoms with Crippen LogP contribution in [0.4, 0.5) is 10.5 Å². The molecule has 1 aromatic rings. The molecule has 3 N–H and O–H groups in total. The van der Waals surface area contributed by atoms with Gasteiger partial charge in [-0.15, -0.1) is 0 Å². The topological polar surface area (TPSA) is 99.1 Å². The van der Waals surface area contributed by atoms with Crippen molar-refractivity contribution in [3.8, 4) is 5.75 Å². The van der Waals surface area contributed by atoms with E-state index in [2.05, 4.69) is 5.32 Å². The SMILES string of the molecule is CCN(CCCO)C(=O)Nc1ccccc1OCC(=O)O. The minimum atomic E-state index is -1.09. The number of aliphatic hydroxyl groups excluding tert-OH is 1. The highest BCUT2D eigenvalue weighted by molar-refractivity contribution is 5.91. The summed E-state index contributed by atoms with van der Waals surface area (Å²) in [7, 11) is 0. The van der Waals surface area contributed by atoms with Gasteiger partial charge in [0.05, 0.1) is 5.69 Å². The number of nitrogens with zero attached hydrogens (tertiary/aromatic N) is 1. The molecule has 0 spiro atoms. The molecule has 0 bridgehead atoms. The number of aliphatic hydroxyl groups is 1. The fourth-order valence-corrected chi connectivity index (χ4v) is 1.69. The fourth-order valence-electron chi connectivity index (χ4n) is 1.69. The molecule has 116 valence electrons. The van der Waals surface area contributed by atoms with E-state index in [4.69, 9.17) is 14.9 Å². The summed E-state index contributed by atoms with van der Waals surface area (Å²) >= 11 is 0. The lowest BCUT2D eigenvalue weighted by Crippen LogP contribution is -2.36. The molecule has 21 heavy (non-hydrogen) atoms. The molecule has 0 fully saturated rings. The molecule has 0 aliphatic carbocycles. The molecule has 0 aliphatic heterocycles. The van der Waals surface area contributed by atoms with Gasteiger partial charge >= 0.3 is 12.0 Å². The normalized spacial score (nSPS) is 10.0. The van der Waals surface area contributed by atoms with Crippen LogP contribution in [0.25, 0.3) is 0 Å². The van der Waals surface area contributed by atoms with E-state index in [0.29, 0.717) is 30.9 Å². The maximum Gasteiger partial charge on any atom is 0.341 e. The van der Waals surface area contributed by atoms with Crippen LogP contribution < -0.4 is 10.1 Å². The van der Waals surface area contributed by atoms with Crippen molar-refractivity contribution in [2.75, 3.05) is 31.6 Å². The number of para-hydroxylation sites is 2. The zero-order valence-corrected chi connectivity index (χ0v) is 11.9. The fraction of sp³-hybridized carbons (Fsp3) is 0.429. The Labute approximate surface area is 123 Å². The van der Waals surface area contributed by atoms with E-state index in [1.54, 1.807) is 29.2 Å². The van der Waals surface area contributed by atoms with E-state index in [-0.39, 0.29) is 12.6 Å². The Kier molecular flexibility index (Phi) is 7.03. The van der Waals surface area contributed by atoms with Gasteiger partial charge in [-0.25, -0.2) is 9.59 Å². The maximum absolute atomic E-state index is 12.1. The summed E-state index contributed by atoms with van der Waals surface area (Å²) in [4.78, 5) is 24.2. The molecular weight excluding hydrogens is 276 g/mol. The average molecular weight is 296 g/mol. The van der Waals surface area contributed by atoms with Gasteiger partial charge in [0.2, 0.25) is 0 Å². The molecule has 0 aromatic heterocycles. The summed E-state index contributed by atoms with van der Waals surface area (Å²) in [6.45, 7) is 2.32. The number of carbonyl (C=O) groups is 2. The van der Waals surface area contributed by atoms with Crippen molar-refractivity contribution in [1.29, 1.82) is 0 Å². The Bertz CT molecular complexity index is 478. The van der Waals surface area contributed by atoms with Gasteiger partial charge in [0.1, 0.15) is 5.75 Å². The highest BCUT2D eigenvalue weighted by atomic mass is 16.5. The van der Waals surface area contributed by atoms with Gasteiger partial charge in [-0.2, -0.15) is 0 Å². The number of aliphatic carboxylic acids is 1. The summed E-state index contributed by atoms with van der Waals surface area (Å²) in [5.41, 5.74) is 0.409. The maximum atomic E-state index is 12.1. The number of rotatable bonds is 8. The van der Waals surface area contributed by atoms with Gasteiger partial charge in [0.15, 0.2) is 6.61 Å². The molecule has 0 saturated heterocycles. The summed E-state index contributed by atoms with van der Waals surface area (Å²) in [5.74, 6) is -0.791. The van der Waals surface area contributed by atoms with E-state index < -0.39 is 12.6 Å². The Morgan fingerprint density at radius 1 is 1.33 bits per heavy atom.